The summed E-state index contributed by atoms with van der Waals surface area (Å²) in [5.74, 6) is -0.332. The van der Waals surface area contributed by atoms with Gasteiger partial charge in [-0.2, -0.15) is 5.10 Å². The molecule has 1 aromatic carbocycles. The van der Waals surface area contributed by atoms with Gasteiger partial charge >= 0.3 is 0 Å². The van der Waals surface area contributed by atoms with Gasteiger partial charge in [0.05, 0.1) is 28.6 Å². The molecule has 4 nitrogen and oxygen atoms in total. The number of hydrogen-bond donors (Lipinski definition) is 2. The highest BCUT2D eigenvalue weighted by molar-refractivity contribution is 9.10. The molecular weight excluding hydrogens is 299 g/mol. The highest BCUT2D eigenvalue weighted by Gasteiger charge is 2.05. The Morgan fingerprint density at radius 2 is 2.28 bits per heavy atom. The molecule has 0 radical (unpaired) electrons. The topological polar surface area (TPSA) is 55.9 Å². The Morgan fingerprint density at radius 1 is 1.50 bits per heavy atom. The lowest BCUT2D eigenvalue weighted by atomic mass is 10.2. The lowest BCUT2D eigenvalue weighted by Crippen LogP contribution is -2.12. The first-order valence-electron chi connectivity index (χ1n) is 5.53. The van der Waals surface area contributed by atoms with E-state index in [2.05, 4.69) is 26.3 Å². The van der Waals surface area contributed by atoms with Crippen LogP contribution in [0, 0.1) is 12.7 Å². The van der Waals surface area contributed by atoms with Gasteiger partial charge in [0.2, 0.25) is 0 Å². The van der Waals surface area contributed by atoms with Crippen molar-refractivity contribution in [2.75, 3.05) is 17.6 Å². The van der Waals surface area contributed by atoms with Crippen LogP contribution >= 0.6 is 15.9 Å². The second kappa shape index (κ2) is 5.39. The zero-order valence-corrected chi connectivity index (χ0v) is 11.5. The van der Waals surface area contributed by atoms with Gasteiger partial charge in [-0.1, -0.05) is 0 Å². The normalized spacial score (nSPS) is 10.6. The smallest absolute Gasteiger partial charge is 0.139 e. The maximum atomic E-state index is 13.4. The first-order chi connectivity index (χ1) is 8.56. The molecule has 0 fully saturated rings. The number of nitrogens with zero attached hydrogens (tertiary/aromatic N) is 2. The molecule has 0 saturated heterocycles. The molecule has 96 valence electrons. The molecule has 2 aromatic rings. The van der Waals surface area contributed by atoms with Crippen LogP contribution in [0.4, 0.5) is 15.8 Å². The van der Waals surface area contributed by atoms with E-state index in [4.69, 9.17) is 5.73 Å². The largest absolute Gasteiger partial charge is 0.397 e. The van der Waals surface area contributed by atoms with Crippen molar-refractivity contribution in [1.29, 1.82) is 0 Å². The molecule has 0 amide bonds. The molecule has 0 saturated carbocycles. The summed E-state index contributed by atoms with van der Waals surface area (Å²) in [4.78, 5) is 0. The fourth-order valence-electron chi connectivity index (χ4n) is 1.61. The van der Waals surface area contributed by atoms with Crippen molar-refractivity contribution in [3.8, 4) is 0 Å². The molecule has 2 rings (SSSR count). The number of nitrogen functional groups attached to an aromatic ring is 1. The molecule has 0 aliphatic rings. The van der Waals surface area contributed by atoms with Crippen LogP contribution in [0.3, 0.4) is 0 Å². The number of aryl methyl sites for hydroxylation is 1. The van der Waals surface area contributed by atoms with Gasteiger partial charge in [0, 0.05) is 18.8 Å². The predicted octanol–water partition coefficient (Wildman–Crippen LogP) is 2.79. The van der Waals surface area contributed by atoms with Crippen LogP contribution in [0.5, 0.6) is 0 Å². The Labute approximate surface area is 113 Å². The summed E-state index contributed by atoms with van der Waals surface area (Å²) >= 11 is 3.09. The Hall–Kier alpha value is -1.56. The first kappa shape index (κ1) is 12.9. The summed E-state index contributed by atoms with van der Waals surface area (Å²) in [6.07, 6.45) is 3.75. The molecule has 0 bridgehead atoms. The summed E-state index contributed by atoms with van der Waals surface area (Å²) in [6, 6.07) is 2.93. The minimum atomic E-state index is -0.332. The summed E-state index contributed by atoms with van der Waals surface area (Å²) < 4.78 is 15.5. The number of halogens is 2. The number of nitrogens with one attached hydrogen (secondary N) is 1. The number of rotatable bonds is 4. The Morgan fingerprint density at radius 3 is 2.94 bits per heavy atom. The van der Waals surface area contributed by atoms with E-state index < -0.39 is 0 Å². The molecule has 0 atom stereocenters. The van der Waals surface area contributed by atoms with Crippen molar-refractivity contribution in [3.05, 3.63) is 40.4 Å². The van der Waals surface area contributed by atoms with Crippen LogP contribution in [0.1, 0.15) is 5.56 Å². The van der Waals surface area contributed by atoms with Crippen molar-refractivity contribution in [3.63, 3.8) is 0 Å². The van der Waals surface area contributed by atoms with Gasteiger partial charge in [-0.3, -0.25) is 4.68 Å². The van der Waals surface area contributed by atoms with Crippen molar-refractivity contribution in [1.82, 2.24) is 9.78 Å². The summed E-state index contributed by atoms with van der Waals surface area (Å²) in [5, 5.41) is 7.26. The highest BCUT2D eigenvalue weighted by Crippen LogP contribution is 2.26. The molecule has 18 heavy (non-hydrogen) atoms. The van der Waals surface area contributed by atoms with Gasteiger partial charge in [0.1, 0.15) is 5.82 Å². The minimum Gasteiger partial charge on any atom is -0.397 e. The number of aromatic nitrogens is 2. The van der Waals surface area contributed by atoms with Crippen LogP contribution in [0.2, 0.25) is 0 Å². The Bertz CT molecular complexity index is 553. The van der Waals surface area contributed by atoms with E-state index in [0.29, 0.717) is 28.9 Å². The van der Waals surface area contributed by atoms with E-state index in [9.17, 15) is 4.39 Å². The van der Waals surface area contributed by atoms with E-state index in [1.54, 1.807) is 12.3 Å². The van der Waals surface area contributed by atoms with Gasteiger partial charge in [0.25, 0.3) is 0 Å². The number of benzene rings is 1. The van der Waals surface area contributed by atoms with Gasteiger partial charge in [0.15, 0.2) is 0 Å². The molecule has 0 aliphatic heterocycles. The van der Waals surface area contributed by atoms with Crippen LogP contribution in [-0.4, -0.2) is 16.3 Å². The quantitative estimate of drug-likeness (QED) is 0.854. The first-order valence-corrected chi connectivity index (χ1v) is 6.33. The van der Waals surface area contributed by atoms with Gasteiger partial charge in [-0.15, -0.1) is 0 Å². The maximum absolute atomic E-state index is 13.4. The fraction of sp³-hybridized carbons (Fsp3) is 0.250. The number of nitrogens with two attached hydrogens (primary N) is 1. The number of hydrogen-bond acceptors (Lipinski definition) is 3. The fourth-order valence-corrected chi connectivity index (χ4v) is 1.97. The second-order valence-corrected chi connectivity index (χ2v) is 4.92. The molecule has 1 heterocycles. The molecule has 1 aromatic heterocycles. The maximum Gasteiger partial charge on any atom is 0.139 e. The van der Waals surface area contributed by atoms with Crippen molar-refractivity contribution in [2.45, 2.75) is 13.5 Å². The molecule has 0 unspecified atom stereocenters. The third-order valence-electron chi connectivity index (χ3n) is 2.51. The van der Waals surface area contributed by atoms with E-state index in [1.807, 2.05) is 17.8 Å². The zero-order valence-electron chi connectivity index (χ0n) is 9.95. The van der Waals surface area contributed by atoms with E-state index >= 15 is 0 Å². The predicted molar refractivity (Wildman–Crippen MR) is 74.0 cm³/mol. The van der Waals surface area contributed by atoms with Crippen molar-refractivity contribution >= 4 is 27.3 Å². The van der Waals surface area contributed by atoms with Gasteiger partial charge in [-0.05, 0) is 34.5 Å². The summed E-state index contributed by atoms with van der Waals surface area (Å²) in [6.45, 7) is 3.32. The van der Waals surface area contributed by atoms with Crippen LogP contribution < -0.4 is 11.1 Å². The molecule has 0 aliphatic carbocycles. The number of anilines is 2. The summed E-state index contributed by atoms with van der Waals surface area (Å²) in [5.41, 5.74) is 8.02. The van der Waals surface area contributed by atoms with E-state index in [0.717, 1.165) is 5.56 Å². The second-order valence-electron chi connectivity index (χ2n) is 4.06. The average molecular weight is 313 g/mol. The molecular formula is C12H14BrFN4. The monoisotopic (exact) mass is 312 g/mol. The van der Waals surface area contributed by atoms with Crippen LogP contribution in [0.25, 0.3) is 0 Å². The SMILES string of the molecule is Cc1cnn(CCNc2cc(F)c(Br)cc2N)c1. The third-order valence-corrected chi connectivity index (χ3v) is 3.12. The molecule has 6 heteroatoms. The highest BCUT2D eigenvalue weighted by atomic mass is 79.9. The van der Waals surface area contributed by atoms with Gasteiger partial charge in [-0.25, -0.2) is 4.39 Å². The summed E-state index contributed by atoms with van der Waals surface area (Å²) in [7, 11) is 0. The van der Waals surface area contributed by atoms with Crippen molar-refractivity contribution in [2.24, 2.45) is 0 Å². The lowest BCUT2D eigenvalue weighted by molar-refractivity contribution is 0.620. The lowest BCUT2D eigenvalue weighted by Gasteiger charge is -2.10. The third kappa shape index (κ3) is 3.01. The van der Waals surface area contributed by atoms with Crippen LogP contribution in [-0.2, 0) is 6.54 Å². The van der Waals surface area contributed by atoms with Crippen LogP contribution in [0.15, 0.2) is 29.0 Å². The van der Waals surface area contributed by atoms with Gasteiger partial charge < -0.3 is 11.1 Å². The van der Waals surface area contributed by atoms with E-state index in [-0.39, 0.29) is 5.82 Å². The Kier molecular flexibility index (Phi) is 3.86. The molecule has 0 spiro atoms. The average Bonchev–Trinajstić information content (AvgIpc) is 2.71. The standard InChI is InChI=1S/C12H14BrFN4/c1-8-6-17-18(7-8)3-2-16-12-5-10(14)9(13)4-11(12)15/h4-7,16H,2-3,15H2,1H3. The van der Waals surface area contributed by atoms with Crippen molar-refractivity contribution < 1.29 is 4.39 Å². The zero-order chi connectivity index (χ0) is 13.1. The Balaban J connectivity index is 1.96. The minimum absolute atomic E-state index is 0.332. The molecule has 3 N–H and O–H groups in total. The van der Waals surface area contributed by atoms with E-state index in [1.165, 1.54) is 6.07 Å².